The molecule has 0 aliphatic carbocycles. The van der Waals surface area contributed by atoms with Gasteiger partial charge in [0.2, 0.25) is 11.9 Å². The highest BCUT2D eigenvalue weighted by atomic mass is 32.2. The second kappa shape index (κ2) is 8.82. The van der Waals surface area contributed by atoms with Gasteiger partial charge in [-0.2, -0.15) is 0 Å². The third-order valence-corrected chi connectivity index (χ3v) is 4.96. The number of carbonyl (C=O) groups excluding carboxylic acids is 1. The number of nitrogens with zero attached hydrogens (tertiary/aromatic N) is 3. The Morgan fingerprint density at radius 2 is 2.08 bits per heavy atom. The van der Waals surface area contributed by atoms with Gasteiger partial charge in [-0.1, -0.05) is 12.1 Å². The van der Waals surface area contributed by atoms with Crippen LogP contribution in [0, 0.1) is 0 Å². The predicted molar refractivity (Wildman–Crippen MR) is 99.9 cm³/mol. The third-order valence-electron chi connectivity index (χ3n) is 3.96. The van der Waals surface area contributed by atoms with Crippen molar-refractivity contribution in [2.75, 3.05) is 29.7 Å². The molecule has 1 atom stereocenters. The van der Waals surface area contributed by atoms with Gasteiger partial charge in [0.15, 0.2) is 0 Å². The first kappa shape index (κ1) is 17.7. The van der Waals surface area contributed by atoms with Crippen LogP contribution in [0.2, 0.25) is 0 Å². The zero-order chi connectivity index (χ0) is 17.5. The van der Waals surface area contributed by atoms with Crippen molar-refractivity contribution in [3.8, 4) is 5.75 Å². The Hall–Kier alpha value is -2.12. The van der Waals surface area contributed by atoms with E-state index >= 15 is 0 Å². The van der Waals surface area contributed by atoms with E-state index in [9.17, 15) is 4.79 Å². The van der Waals surface area contributed by atoms with Crippen LogP contribution in [-0.2, 0) is 11.2 Å². The number of amides is 1. The molecule has 25 heavy (non-hydrogen) atoms. The van der Waals surface area contributed by atoms with Gasteiger partial charge in [-0.05, 0) is 30.2 Å². The van der Waals surface area contributed by atoms with Crippen molar-refractivity contribution in [2.45, 2.75) is 19.4 Å². The predicted octanol–water partition coefficient (Wildman–Crippen LogP) is 2.11. The van der Waals surface area contributed by atoms with E-state index in [4.69, 9.17) is 4.74 Å². The van der Waals surface area contributed by atoms with E-state index in [1.54, 1.807) is 18.5 Å². The molecule has 1 fully saturated rings. The summed E-state index contributed by atoms with van der Waals surface area (Å²) in [5, 5.41) is 3.47. The number of nitrogens with one attached hydrogen (secondary N) is 1. The molecule has 132 valence electrons. The molecule has 0 bridgehead atoms. The number of benzene rings is 1. The van der Waals surface area contributed by atoms with Gasteiger partial charge in [0, 0.05) is 37.0 Å². The summed E-state index contributed by atoms with van der Waals surface area (Å²) in [6, 6.07) is 10.4. The number of carbonyl (C=O) groups is 1. The first-order chi connectivity index (χ1) is 12.2. The molecule has 3 rings (SSSR count). The highest BCUT2D eigenvalue weighted by Crippen LogP contribution is 2.17. The van der Waals surface area contributed by atoms with E-state index in [0.29, 0.717) is 25.1 Å². The van der Waals surface area contributed by atoms with Crippen LogP contribution in [0.5, 0.6) is 5.75 Å². The largest absolute Gasteiger partial charge is 0.492 e. The molecule has 1 aromatic carbocycles. The molecule has 6 nitrogen and oxygen atoms in total. The van der Waals surface area contributed by atoms with Gasteiger partial charge < -0.3 is 10.1 Å². The number of ether oxygens (including phenoxy) is 1. The molecular weight excluding hydrogens is 336 g/mol. The minimum Gasteiger partial charge on any atom is -0.492 e. The lowest BCUT2D eigenvalue weighted by atomic mass is 10.1. The molecule has 2 aromatic rings. The van der Waals surface area contributed by atoms with Gasteiger partial charge in [0.25, 0.3) is 0 Å². The molecule has 1 aliphatic heterocycles. The van der Waals surface area contributed by atoms with Crippen LogP contribution in [-0.4, -0.2) is 46.7 Å². The molecule has 0 spiro atoms. The molecule has 1 amide bonds. The summed E-state index contributed by atoms with van der Waals surface area (Å²) < 4.78 is 5.76. The van der Waals surface area contributed by atoms with E-state index in [1.165, 1.54) is 23.1 Å². The lowest BCUT2D eigenvalue weighted by Crippen LogP contribution is -2.34. The Labute approximate surface area is 152 Å². The summed E-state index contributed by atoms with van der Waals surface area (Å²) >= 11 is 1.94. The van der Waals surface area contributed by atoms with Crippen LogP contribution in [0.4, 0.5) is 5.95 Å². The van der Waals surface area contributed by atoms with Crippen molar-refractivity contribution in [1.29, 1.82) is 0 Å². The average molecular weight is 358 g/mol. The van der Waals surface area contributed by atoms with Crippen LogP contribution in [0.15, 0.2) is 42.7 Å². The molecule has 0 saturated carbocycles. The minimum absolute atomic E-state index is 0.105. The van der Waals surface area contributed by atoms with Crippen LogP contribution in [0.1, 0.15) is 12.5 Å². The average Bonchev–Trinajstić information content (AvgIpc) is 3.13. The second-order valence-corrected chi connectivity index (χ2v) is 6.86. The van der Waals surface area contributed by atoms with Crippen molar-refractivity contribution in [1.82, 2.24) is 15.3 Å². The Morgan fingerprint density at radius 3 is 2.72 bits per heavy atom. The van der Waals surface area contributed by atoms with Gasteiger partial charge in [0.1, 0.15) is 12.4 Å². The van der Waals surface area contributed by atoms with E-state index in [1.807, 2.05) is 23.9 Å². The topological polar surface area (TPSA) is 67.3 Å². The lowest BCUT2D eigenvalue weighted by molar-refractivity contribution is -0.116. The standard InChI is InChI=1S/C18H22N4O2S/c1-14(23)22(18-19-7-2-8-20-18)9-10-24-17-5-3-15(4-6-17)11-16-12-25-13-21-16/h2-8,16,21H,9-13H2,1H3. The summed E-state index contributed by atoms with van der Waals surface area (Å²) in [7, 11) is 0. The fourth-order valence-electron chi connectivity index (χ4n) is 2.66. The smallest absolute Gasteiger partial charge is 0.232 e. The highest BCUT2D eigenvalue weighted by molar-refractivity contribution is 7.99. The molecule has 1 aromatic heterocycles. The molecule has 2 heterocycles. The number of hydrogen-bond acceptors (Lipinski definition) is 6. The Morgan fingerprint density at radius 1 is 1.32 bits per heavy atom. The summed E-state index contributed by atoms with van der Waals surface area (Å²) in [6.07, 6.45) is 4.28. The zero-order valence-electron chi connectivity index (χ0n) is 14.2. The van der Waals surface area contributed by atoms with Crippen molar-refractivity contribution in [3.05, 3.63) is 48.3 Å². The summed E-state index contributed by atoms with van der Waals surface area (Å²) in [5.74, 6) is 3.31. The van der Waals surface area contributed by atoms with Crippen molar-refractivity contribution < 1.29 is 9.53 Å². The SMILES string of the molecule is CC(=O)N(CCOc1ccc(CC2CSCN2)cc1)c1ncccn1. The van der Waals surface area contributed by atoms with Crippen LogP contribution >= 0.6 is 11.8 Å². The van der Waals surface area contributed by atoms with Gasteiger partial charge in [-0.15, -0.1) is 11.8 Å². The maximum atomic E-state index is 11.8. The quantitative estimate of drug-likeness (QED) is 0.818. The van der Waals surface area contributed by atoms with Gasteiger partial charge in [-0.3, -0.25) is 9.69 Å². The van der Waals surface area contributed by atoms with E-state index in [0.717, 1.165) is 18.0 Å². The van der Waals surface area contributed by atoms with Crippen LogP contribution < -0.4 is 15.0 Å². The molecule has 1 N–H and O–H groups in total. The van der Waals surface area contributed by atoms with Crippen LogP contribution in [0.25, 0.3) is 0 Å². The number of aromatic nitrogens is 2. The molecular formula is C18H22N4O2S. The first-order valence-electron chi connectivity index (χ1n) is 8.30. The van der Waals surface area contributed by atoms with Crippen molar-refractivity contribution >= 4 is 23.6 Å². The fraction of sp³-hybridized carbons (Fsp3) is 0.389. The summed E-state index contributed by atoms with van der Waals surface area (Å²) in [5.41, 5.74) is 1.30. The number of thioether (sulfide) groups is 1. The second-order valence-electron chi connectivity index (χ2n) is 5.83. The molecule has 1 saturated heterocycles. The van der Waals surface area contributed by atoms with Gasteiger partial charge in [0.05, 0.1) is 6.54 Å². The van der Waals surface area contributed by atoms with Crippen molar-refractivity contribution in [3.63, 3.8) is 0 Å². The monoisotopic (exact) mass is 358 g/mol. The normalized spacial score (nSPS) is 16.6. The van der Waals surface area contributed by atoms with Crippen LogP contribution in [0.3, 0.4) is 0 Å². The van der Waals surface area contributed by atoms with Crippen molar-refractivity contribution in [2.24, 2.45) is 0 Å². The van der Waals surface area contributed by atoms with Gasteiger partial charge in [-0.25, -0.2) is 9.97 Å². The first-order valence-corrected chi connectivity index (χ1v) is 9.46. The maximum absolute atomic E-state index is 11.8. The van der Waals surface area contributed by atoms with E-state index < -0.39 is 0 Å². The summed E-state index contributed by atoms with van der Waals surface area (Å²) in [6.45, 7) is 2.29. The summed E-state index contributed by atoms with van der Waals surface area (Å²) in [4.78, 5) is 21.5. The molecule has 7 heteroatoms. The lowest BCUT2D eigenvalue weighted by Gasteiger charge is -2.18. The molecule has 0 radical (unpaired) electrons. The zero-order valence-corrected chi connectivity index (χ0v) is 15.0. The molecule has 1 unspecified atom stereocenters. The molecule has 1 aliphatic rings. The Kier molecular flexibility index (Phi) is 6.25. The Balaban J connectivity index is 1.49. The fourth-order valence-corrected chi connectivity index (χ4v) is 3.65. The van der Waals surface area contributed by atoms with E-state index in [2.05, 4.69) is 27.4 Å². The minimum atomic E-state index is -0.105. The number of hydrogen-bond donors (Lipinski definition) is 1. The number of anilines is 1. The third kappa shape index (κ3) is 5.17. The van der Waals surface area contributed by atoms with E-state index in [-0.39, 0.29) is 5.91 Å². The maximum Gasteiger partial charge on any atom is 0.232 e. The highest BCUT2D eigenvalue weighted by Gasteiger charge is 2.15. The number of rotatable bonds is 7. The van der Waals surface area contributed by atoms with Gasteiger partial charge >= 0.3 is 0 Å². The Bertz CT molecular complexity index is 675.